The molecule has 0 radical (unpaired) electrons. The van der Waals surface area contributed by atoms with Crippen LogP contribution in [0.15, 0.2) is 36.4 Å². The molecule has 1 aliphatic rings. The number of carbonyl (C=O) groups is 1. The summed E-state index contributed by atoms with van der Waals surface area (Å²) in [7, 11) is 0. The number of rotatable bonds is 6. The third-order valence-electron chi connectivity index (χ3n) is 4.48. The van der Waals surface area contributed by atoms with Crippen molar-refractivity contribution in [1.29, 1.82) is 0 Å². The summed E-state index contributed by atoms with van der Waals surface area (Å²) in [4.78, 5) is 22.7. The number of ether oxygens (including phenoxy) is 1. The number of aliphatic carboxylic acids is 1. The number of halogens is 1. The van der Waals surface area contributed by atoms with Crippen molar-refractivity contribution in [3.63, 3.8) is 0 Å². The first-order valence-electron chi connectivity index (χ1n) is 9.12. The quantitative estimate of drug-likeness (QED) is 0.453. The van der Waals surface area contributed by atoms with E-state index in [-0.39, 0.29) is 5.28 Å². The largest absolute Gasteiger partial charge is 0.478 e. The zero-order chi connectivity index (χ0) is 20.2. The first-order valence-corrected chi connectivity index (χ1v) is 10.3. The Balaban J connectivity index is 1.49. The molecule has 1 fully saturated rings. The van der Waals surface area contributed by atoms with Gasteiger partial charge < -0.3 is 20.1 Å². The van der Waals surface area contributed by atoms with Crippen molar-refractivity contribution in [2.75, 3.05) is 36.5 Å². The summed E-state index contributed by atoms with van der Waals surface area (Å²) < 4.78 is 6.46. The van der Waals surface area contributed by atoms with Crippen molar-refractivity contribution < 1.29 is 14.6 Å². The van der Waals surface area contributed by atoms with Crippen LogP contribution < -0.4 is 10.2 Å². The lowest BCUT2D eigenvalue weighted by Crippen LogP contribution is -2.36. The first kappa shape index (κ1) is 19.6. The highest BCUT2D eigenvalue weighted by atomic mass is 35.5. The Morgan fingerprint density at radius 3 is 2.76 bits per heavy atom. The number of fused-ring (bicyclic) bond motifs is 1. The third kappa shape index (κ3) is 4.84. The van der Waals surface area contributed by atoms with Crippen molar-refractivity contribution in [2.45, 2.75) is 6.54 Å². The number of benzene rings is 1. The maximum absolute atomic E-state index is 10.6. The van der Waals surface area contributed by atoms with Crippen molar-refractivity contribution >= 4 is 56.7 Å². The van der Waals surface area contributed by atoms with Gasteiger partial charge in [0.25, 0.3) is 0 Å². The van der Waals surface area contributed by atoms with E-state index in [9.17, 15) is 4.79 Å². The summed E-state index contributed by atoms with van der Waals surface area (Å²) >= 11 is 7.81. The van der Waals surface area contributed by atoms with Crippen molar-refractivity contribution in [3.8, 4) is 0 Å². The van der Waals surface area contributed by atoms with Crippen LogP contribution in [0, 0.1) is 0 Å². The van der Waals surface area contributed by atoms with E-state index in [1.807, 2.05) is 30.3 Å². The van der Waals surface area contributed by atoms with Gasteiger partial charge in [0.05, 0.1) is 23.4 Å². The van der Waals surface area contributed by atoms with E-state index in [0.29, 0.717) is 19.8 Å². The summed E-state index contributed by atoms with van der Waals surface area (Å²) in [6.45, 7) is 3.58. The van der Waals surface area contributed by atoms with Crippen LogP contribution in [0.2, 0.25) is 5.28 Å². The standard InChI is InChI=1S/C20H19ClN4O3S/c21-20-23-16-11-15(29-18(16)19(24-20)25-7-9-28-10-8-25)12-22-14-4-1-13(2-5-14)3-6-17(26)27/h1-6,11,22H,7-10,12H2,(H,26,27). The molecule has 3 heterocycles. The fraction of sp³-hybridized carbons (Fsp3) is 0.250. The maximum Gasteiger partial charge on any atom is 0.328 e. The van der Waals surface area contributed by atoms with Crippen LogP contribution in [0.1, 0.15) is 10.4 Å². The second-order valence-corrected chi connectivity index (χ2v) is 7.96. The Hall–Kier alpha value is -2.68. The van der Waals surface area contributed by atoms with E-state index in [1.165, 1.54) is 0 Å². The van der Waals surface area contributed by atoms with Gasteiger partial charge in [-0.1, -0.05) is 12.1 Å². The number of hydrogen-bond acceptors (Lipinski definition) is 7. The molecule has 2 N–H and O–H groups in total. The van der Waals surface area contributed by atoms with Crippen molar-refractivity contribution in [3.05, 3.63) is 52.1 Å². The number of carboxylic acid groups (broad SMARTS) is 1. The molecule has 0 bridgehead atoms. The highest BCUT2D eigenvalue weighted by Gasteiger charge is 2.19. The van der Waals surface area contributed by atoms with Gasteiger partial charge in [-0.05, 0) is 41.4 Å². The summed E-state index contributed by atoms with van der Waals surface area (Å²) in [5.74, 6) is -0.0919. The lowest BCUT2D eigenvalue weighted by molar-refractivity contribution is -0.131. The van der Waals surface area contributed by atoms with Crippen LogP contribution in [0.5, 0.6) is 0 Å². The monoisotopic (exact) mass is 430 g/mol. The predicted molar refractivity (Wildman–Crippen MR) is 116 cm³/mol. The number of anilines is 2. The Bertz CT molecular complexity index is 1050. The zero-order valence-corrected chi connectivity index (χ0v) is 17.0. The molecule has 2 aromatic heterocycles. The molecule has 4 rings (SSSR count). The van der Waals surface area contributed by atoms with Gasteiger partial charge in [-0.2, -0.15) is 4.98 Å². The number of hydrogen-bond donors (Lipinski definition) is 2. The first-order chi connectivity index (χ1) is 14.1. The normalized spacial score (nSPS) is 14.6. The molecule has 0 atom stereocenters. The fourth-order valence-corrected chi connectivity index (χ4v) is 4.31. The smallest absolute Gasteiger partial charge is 0.328 e. The maximum atomic E-state index is 10.6. The molecule has 1 saturated heterocycles. The molecule has 29 heavy (non-hydrogen) atoms. The van der Waals surface area contributed by atoms with Gasteiger partial charge >= 0.3 is 5.97 Å². The fourth-order valence-electron chi connectivity index (χ4n) is 3.08. The van der Waals surface area contributed by atoms with E-state index < -0.39 is 5.97 Å². The Kier molecular flexibility index (Phi) is 5.94. The molecule has 3 aromatic rings. The molecule has 0 saturated carbocycles. The lowest BCUT2D eigenvalue weighted by atomic mass is 10.2. The van der Waals surface area contributed by atoms with Gasteiger partial charge in [-0.15, -0.1) is 11.3 Å². The van der Waals surface area contributed by atoms with E-state index in [2.05, 4.69) is 20.2 Å². The Morgan fingerprint density at radius 1 is 1.28 bits per heavy atom. The molecule has 150 valence electrons. The zero-order valence-electron chi connectivity index (χ0n) is 15.5. The van der Waals surface area contributed by atoms with Gasteiger partial charge in [0.2, 0.25) is 5.28 Å². The van der Waals surface area contributed by atoms with E-state index in [1.54, 1.807) is 17.4 Å². The number of carboxylic acids is 1. The number of morpholine rings is 1. The number of thiophene rings is 1. The molecule has 0 aliphatic carbocycles. The second kappa shape index (κ2) is 8.77. The minimum absolute atomic E-state index is 0.251. The number of aromatic nitrogens is 2. The minimum atomic E-state index is -0.961. The summed E-state index contributed by atoms with van der Waals surface area (Å²) in [5.41, 5.74) is 2.63. The van der Waals surface area contributed by atoms with Gasteiger partial charge in [0, 0.05) is 36.3 Å². The van der Waals surface area contributed by atoms with Crippen LogP contribution in [0.25, 0.3) is 16.3 Å². The predicted octanol–water partition coefficient (Wildman–Crippen LogP) is 3.89. The Labute approximate surface area is 176 Å². The molecule has 1 aliphatic heterocycles. The average molecular weight is 431 g/mol. The Morgan fingerprint density at radius 2 is 2.03 bits per heavy atom. The average Bonchev–Trinajstić information content (AvgIpc) is 3.14. The molecular weight excluding hydrogens is 412 g/mol. The van der Waals surface area contributed by atoms with Gasteiger partial charge in [0.15, 0.2) is 5.82 Å². The van der Waals surface area contributed by atoms with Crippen LogP contribution in [0.4, 0.5) is 11.5 Å². The summed E-state index contributed by atoms with van der Waals surface area (Å²) in [6, 6.07) is 9.62. The van der Waals surface area contributed by atoms with Gasteiger partial charge in [-0.25, -0.2) is 9.78 Å². The van der Waals surface area contributed by atoms with Crippen molar-refractivity contribution in [2.24, 2.45) is 0 Å². The highest BCUT2D eigenvalue weighted by molar-refractivity contribution is 7.19. The summed E-state index contributed by atoms with van der Waals surface area (Å²) in [6.07, 6.45) is 2.69. The molecule has 0 spiro atoms. The molecule has 1 aromatic carbocycles. The van der Waals surface area contributed by atoms with E-state index in [0.717, 1.165) is 51.3 Å². The van der Waals surface area contributed by atoms with Crippen LogP contribution in [0.3, 0.4) is 0 Å². The second-order valence-electron chi connectivity index (χ2n) is 6.49. The molecule has 0 unspecified atom stereocenters. The number of nitrogens with zero attached hydrogens (tertiary/aromatic N) is 3. The minimum Gasteiger partial charge on any atom is -0.478 e. The highest BCUT2D eigenvalue weighted by Crippen LogP contribution is 2.33. The molecule has 7 nitrogen and oxygen atoms in total. The van der Waals surface area contributed by atoms with Crippen LogP contribution in [-0.2, 0) is 16.1 Å². The van der Waals surface area contributed by atoms with Crippen LogP contribution >= 0.6 is 22.9 Å². The van der Waals surface area contributed by atoms with E-state index in [4.69, 9.17) is 21.4 Å². The molecule has 9 heteroatoms. The van der Waals surface area contributed by atoms with E-state index >= 15 is 0 Å². The molecular formula is C20H19ClN4O3S. The van der Waals surface area contributed by atoms with Gasteiger partial charge in [0.1, 0.15) is 0 Å². The van der Waals surface area contributed by atoms with Crippen LogP contribution in [-0.4, -0.2) is 47.3 Å². The van der Waals surface area contributed by atoms with Gasteiger partial charge in [-0.3, -0.25) is 0 Å². The summed E-state index contributed by atoms with van der Waals surface area (Å²) in [5, 5.41) is 12.3. The third-order valence-corrected chi connectivity index (χ3v) is 5.77. The SMILES string of the molecule is O=C(O)C=Cc1ccc(NCc2cc3nc(Cl)nc(N4CCOCC4)c3s2)cc1. The number of nitrogens with one attached hydrogen (secondary N) is 1. The van der Waals surface area contributed by atoms with Crippen molar-refractivity contribution in [1.82, 2.24) is 9.97 Å². The lowest BCUT2D eigenvalue weighted by Gasteiger charge is -2.28. The molecule has 0 amide bonds. The topological polar surface area (TPSA) is 87.6 Å².